The van der Waals surface area contributed by atoms with E-state index in [1.807, 2.05) is 27.2 Å². The molecule has 424 valence electrons. The van der Waals surface area contributed by atoms with Gasteiger partial charge in [0.1, 0.15) is 13.2 Å². The fraction of sp³-hybridized carbons (Fsp3) is 0.857. The lowest BCUT2D eigenvalue weighted by molar-refractivity contribution is -0.870. The number of allylic oxidation sites excluding steroid dienone is 7. The van der Waals surface area contributed by atoms with Crippen LogP contribution in [0.15, 0.2) is 48.6 Å². The Kier molecular flexibility index (Phi) is 53.1. The number of carbonyl (C=O) groups is 1. The molecule has 0 rings (SSSR count). The first-order valence-corrected chi connectivity index (χ1v) is 32.5. The van der Waals surface area contributed by atoms with Gasteiger partial charge < -0.3 is 28.8 Å². The summed E-state index contributed by atoms with van der Waals surface area (Å²) in [5, 5.41) is 13.9. The molecule has 2 N–H and O–H groups in total. The van der Waals surface area contributed by atoms with Gasteiger partial charge in [0, 0.05) is 6.42 Å². The molecule has 0 aliphatic carbocycles. The van der Waals surface area contributed by atoms with Crippen LogP contribution in [-0.2, 0) is 18.4 Å². The molecular formula is C63H121N2O6P. The Labute approximate surface area is 448 Å². The SMILES string of the molecule is CCCCCCC/C=C\C/C=C\CCCCCCCCCCCCCCCCCCCCCC(=O)NC(COP(=O)([O-])OCC[N+](C)(C)C)C(O)/C=C/CC/C=C/CCCCCCCCCCCCCCC. The molecule has 0 bridgehead atoms. The number of quaternary nitrogens is 1. The number of rotatable bonds is 57. The highest BCUT2D eigenvalue weighted by Crippen LogP contribution is 2.38. The maximum absolute atomic E-state index is 13.0. The summed E-state index contributed by atoms with van der Waals surface area (Å²) in [4.78, 5) is 25.5. The highest BCUT2D eigenvalue weighted by molar-refractivity contribution is 7.45. The molecule has 0 aliphatic rings. The molecule has 0 radical (unpaired) electrons. The van der Waals surface area contributed by atoms with Crippen LogP contribution in [0.1, 0.15) is 296 Å². The summed E-state index contributed by atoms with van der Waals surface area (Å²) in [5.41, 5.74) is 0. The van der Waals surface area contributed by atoms with Crippen molar-refractivity contribution in [3.63, 3.8) is 0 Å². The first kappa shape index (κ1) is 70.5. The Bertz CT molecular complexity index is 1310. The lowest BCUT2D eigenvalue weighted by Gasteiger charge is -2.29. The van der Waals surface area contributed by atoms with Crippen LogP contribution in [0.4, 0.5) is 0 Å². The Morgan fingerprint density at radius 1 is 0.486 bits per heavy atom. The van der Waals surface area contributed by atoms with Crippen molar-refractivity contribution >= 4 is 13.7 Å². The Balaban J connectivity index is 4.11. The van der Waals surface area contributed by atoms with E-state index in [9.17, 15) is 19.4 Å². The molecule has 0 saturated carbocycles. The Morgan fingerprint density at radius 2 is 0.819 bits per heavy atom. The summed E-state index contributed by atoms with van der Waals surface area (Å²) in [6, 6.07) is -0.903. The highest BCUT2D eigenvalue weighted by Gasteiger charge is 2.23. The highest BCUT2D eigenvalue weighted by atomic mass is 31.2. The molecule has 0 aromatic carbocycles. The molecule has 72 heavy (non-hydrogen) atoms. The van der Waals surface area contributed by atoms with Gasteiger partial charge in [-0.05, 0) is 64.2 Å². The monoisotopic (exact) mass is 1030 g/mol. The van der Waals surface area contributed by atoms with Gasteiger partial charge in [0.15, 0.2) is 0 Å². The van der Waals surface area contributed by atoms with Crippen LogP contribution in [0.2, 0.25) is 0 Å². The molecule has 0 saturated heterocycles. The van der Waals surface area contributed by atoms with Gasteiger partial charge in [-0.25, -0.2) is 0 Å². The number of amides is 1. The van der Waals surface area contributed by atoms with Crippen molar-refractivity contribution in [3.05, 3.63) is 48.6 Å². The van der Waals surface area contributed by atoms with E-state index in [4.69, 9.17) is 9.05 Å². The minimum absolute atomic E-state index is 0.00560. The van der Waals surface area contributed by atoms with E-state index in [2.05, 4.69) is 55.6 Å². The van der Waals surface area contributed by atoms with Crippen LogP contribution in [0.3, 0.4) is 0 Å². The molecule has 1 amide bonds. The molecule has 0 spiro atoms. The minimum Gasteiger partial charge on any atom is -0.756 e. The van der Waals surface area contributed by atoms with Crippen molar-refractivity contribution in [2.75, 3.05) is 40.9 Å². The van der Waals surface area contributed by atoms with E-state index >= 15 is 0 Å². The normalized spacial score (nSPS) is 14.2. The maximum atomic E-state index is 13.0. The molecule has 3 unspecified atom stereocenters. The number of unbranched alkanes of at least 4 members (excludes halogenated alkanes) is 38. The molecule has 0 heterocycles. The van der Waals surface area contributed by atoms with Crippen LogP contribution in [0.25, 0.3) is 0 Å². The molecule has 0 aromatic heterocycles. The van der Waals surface area contributed by atoms with Crippen LogP contribution in [-0.4, -0.2) is 68.5 Å². The number of likely N-dealkylation sites (N-methyl/N-ethyl adjacent to an activating group) is 1. The predicted molar refractivity (Wildman–Crippen MR) is 311 cm³/mol. The predicted octanol–water partition coefficient (Wildman–Crippen LogP) is 18.5. The number of aliphatic hydroxyl groups is 1. The molecular weight excluding hydrogens is 912 g/mol. The zero-order chi connectivity index (χ0) is 52.7. The number of carbonyl (C=O) groups excluding carboxylic acids is 1. The topological polar surface area (TPSA) is 108 Å². The summed E-state index contributed by atoms with van der Waals surface area (Å²) in [6.45, 7) is 4.65. The lowest BCUT2D eigenvalue weighted by Crippen LogP contribution is -2.45. The zero-order valence-electron chi connectivity index (χ0n) is 48.4. The van der Waals surface area contributed by atoms with Crippen LogP contribution >= 0.6 is 7.82 Å². The second-order valence-electron chi connectivity index (χ2n) is 22.4. The second-order valence-corrected chi connectivity index (χ2v) is 23.8. The van der Waals surface area contributed by atoms with Gasteiger partial charge in [-0.3, -0.25) is 9.36 Å². The summed E-state index contributed by atoms with van der Waals surface area (Å²) in [5.74, 6) is -0.203. The van der Waals surface area contributed by atoms with Gasteiger partial charge in [0.2, 0.25) is 5.91 Å². The average Bonchev–Trinajstić information content (AvgIpc) is 3.34. The molecule has 8 nitrogen and oxygen atoms in total. The zero-order valence-corrected chi connectivity index (χ0v) is 49.3. The third-order valence-electron chi connectivity index (χ3n) is 14.0. The van der Waals surface area contributed by atoms with E-state index in [0.29, 0.717) is 17.4 Å². The van der Waals surface area contributed by atoms with Gasteiger partial charge in [-0.2, -0.15) is 0 Å². The average molecular weight is 1030 g/mol. The summed E-state index contributed by atoms with van der Waals surface area (Å²) < 4.78 is 23.4. The first-order chi connectivity index (χ1) is 35.0. The molecule has 0 aromatic rings. The van der Waals surface area contributed by atoms with Crippen LogP contribution < -0.4 is 10.2 Å². The van der Waals surface area contributed by atoms with Crippen molar-refractivity contribution in [2.45, 2.75) is 309 Å². The minimum atomic E-state index is -4.61. The lowest BCUT2D eigenvalue weighted by atomic mass is 10.0. The van der Waals surface area contributed by atoms with Gasteiger partial charge in [-0.1, -0.05) is 274 Å². The van der Waals surface area contributed by atoms with Crippen LogP contribution in [0.5, 0.6) is 0 Å². The fourth-order valence-electron chi connectivity index (χ4n) is 9.14. The van der Waals surface area contributed by atoms with Gasteiger partial charge in [-0.15, -0.1) is 0 Å². The third-order valence-corrected chi connectivity index (χ3v) is 15.0. The standard InChI is InChI=1S/C63H121N2O6P/c1-6-8-10-12-14-16-18-20-22-24-26-27-28-29-30-31-32-33-34-35-36-37-39-41-43-45-47-49-51-53-55-57-63(67)64-61(60-71-72(68,69)70-59-58-65(3,4)5)62(66)56-54-52-50-48-46-44-42-40-38-25-23-21-19-17-15-13-11-9-7-2/h18,20,24,26,46,48,54,56,61-62,66H,6-17,19,21-23,25,27-45,47,49-53,55,57-60H2,1-5H3,(H-,64,67,68,69)/b20-18-,26-24-,48-46+,56-54+. The Hall–Kier alpha value is -1.54. The number of hydrogen-bond donors (Lipinski definition) is 2. The second kappa shape index (κ2) is 54.3. The van der Waals surface area contributed by atoms with E-state index in [1.165, 1.54) is 231 Å². The van der Waals surface area contributed by atoms with Crippen molar-refractivity contribution < 1.29 is 32.9 Å². The summed E-state index contributed by atoms with van der Waals surface area (Å²) in [6.07, 6.45) is 72.1. The maximum Gasteiger partial charge on any atom is 0.268 e. The summed E-state index contributed by atoms with van der Waals surface area (Å²) in [7, 11) is 1.25. The van der Waals surface area contributed by atoms with Gasteiger partial charge >= 0.3 is 0 Å². The van der Waals surface area contributed by atoms with Crippen molar-refractivity contribution in [3.8, 4) is 0 Å². The molecule has 0 aliphatic heterocycles. The smallest absolute Gasteiger partial charge is 0.268 e. The largest absolute Gasteiger partial charge is 0.756 e. The third kappa shape index (κ3) is 56.2. The number of aliphatic hydroxyl groups excluding tert-OH is 1. The number of nitrogens with one attached hydrogen (secondary N) is 1. The quantitative estimate of drug-likeness (QED) is 0.0272. The number of hydrogen-bond acceptors (Lipinski definition) is 6. The van der Waals surface area contributed by atoms with E-state index in [1.54, 1.807) is 6.08 Å². The number of nitrogens with zero attached hydrogens (tertiary/aromatic N) is 1. The van der Waals surface area contributed by atoms with Crippen molar-refractivity contribution in [1.29, 1.82) is 0 Å². The number of phosphoric ester groups is 1. The van der Waals surface area contributed by atoms with Gasteiger partial charge in [0.25, 0.3) is 7.82 Å². The van der Waals surface area contributed by atoms with Crippen LogP contribution in [0, 0.1) is 0 Å². The molecule has 9 heteroatoms. The Morgan fingerprint density at radius 3 is 1.21 bits per heavy atom. The summed E-state index contributed by atoms with van der Waals surface area (Å²) >= 11 is 0. The molecule has 0 fully saturated rings. The number of phosphoric acid groups is 1. The fourth-order valence-corrected chi connectivity index (χ4v) is 9.87. The van der Waals surface area contributed by atoms with E-state index < -0.39 is 26.6 Å². The van der Waals surface area contributed by atoms with E-state index in [-0.39, 0.29) is 12.5 Å². The molecule has 3 atom stereocenters. The first-order valence-electron chi connectivity index (χ1n) is 31.0. The van der Waals surface area contributed by atoms with E-state index in [0.717, 1.165) is 44.9 Å². The van der Waals surface area contributed by atoms with Crippen molar-refractivity contribution in [1.82, 2.24) is 5.32 Å². The van der Waals surface area contributed by atoms with Gasteiger partial charge in [0.05, 0.1) is 39.9 Å². The van der Waals surface area contributed by atoms with Crippen molar-refractivity contribution in [2.24, 2.45) is 0 Å².